The summed E-state index contributed by atoms with van der Waals surface area (Å²) in [6.07, 6.45) is 0. The van der Waals surface area contributed by atoms with Gasteiger partial charge < -0.3 is 15.2 Å². The van der Waals surface area contributed by atoms with E-state index in [-0.39, 0.29) is 0 Å². The highest BCUT2D eigenvalue weighted by Gasteiger charge is 2.08. The first kappa shape index (κ1) is 3.41. The van der Waals surface area contributed by atoms with Gasteiger partial charge in [-0.25, -0.2) is 0 Å². The molecule has 0 atom stereocenters. The van der Waals surface area contributed by atoms with E-state index in [2.05, 4.69) is 0 Å². The van der Waals surface area contributed by atoms with Crippen LogP contribution in [0, 0.1) is 0 Å². The SMILES string of the molecule is [2H]c1c([2H])c(B(O)O)c([2H])c([2H])c1O. The Kier molecular flexibility index (Phi) is 0.930. The number of hydrogen-bond acceptors (Lipinski definition) is 3. The molecule has 10 heavy (non-hydrogen) atoms. The van der Waals surface area contributed by atoms with Crippen LogP contribution in [0.1, 0.15) is 5.48 Å². The average molecular weight is 142 g/mol. The molecule has 0 radical (unpaired) electrons. The second-order valence-electron chi connectivity index (χ2n) is 1.64. The van der Waals surface area contributed by atoms with Crippen molar-refractivity contribution in [1.82, 2.24) is 0 Å². The molecule has 0 saturated heterocycles. The van der Waals surface area contributed by atoms with Crippen molar-refractivity contribution in [3.8, 4) is 5.75 Å². The summed E-state index contributed by atoms with van der Waals surface area (Å²) in [7, 11) is -2.09. The van der Waals surface area contributed by atoms with E-state index < -0.39 is 42.5 Å². The lowest BCUT2D eigenvalue weighted by Gasteiger charge is -1.96. The molecule has 0 saturated carbocycles. The third-order valence-electron chi connectivity index (χ3n) is 0.889. The Hall–Kier alpha value is -0.995. The minimum absolute atomic E-state index is 0.544. The first-order valence-corrected chi connectivity index (χ1v) is 2.53. The number of phenols is 1. The third kappa shape index (κ3) is 1.49. The standard InChI is InChI=1S/C6H7BO3/c8-6-3-1-5(2-4-6)7(9)10/h1-4,8-10H/i1D,2D,3D,4D. The Labute approximate surface area is 64.3 Å². The second kappa shape index (κ2) is 2.73. The monoisotopic (exact) mass is 142 g/mol. The quantitative estimate of drug-likeness (QED) is 0.444. The van der Waals surface area contributed by atoms with Crippen LogP contribution in [-0.4, -0.2) is 22.3 Å². The van der Waals surface area contributed by atoms with Gasteiger partial charge in [0.25, 0.3) is 0 Å². The Morgan fingerprint density at radius 2 is 1.70 bits per heavy atom. The normalized spacial score (nSPS) is 15.0. The molecule has 1 rings (SSSR count). The largest absolute Gasteiger partial charge is 0.508 e. The van der Waals surface area contributed by atoms with Crippen molar-refractivity contribution in [2.75, 3.05) is 0 Å². The molecule has 1 aromatic carbocycles. The summed E-state index contributed by atoms with van der Waals surface area (Å²) in [4.78, 5) is 0. The molecule has 0 fully saturated rings. The second-order valence-corrected chi connectivity index (χ2v) is 1.64. The summed E-state index contributed by atoms with van der Waals surface area (Å²) in [6.45, 7) is 0. The molecule has 0 aromatic heterocycles. The molecule has 0 aliphatic rings. The molecule has 4 heteroatoms. The van der Waals surface area contributed by atoms with E-state index in [1.807, 2.05) is 0 Å². The van der Waals surface area contributed by atoms with Gasteiger partial charge >= 0.3 is 7.12 Å². The number of benzene rings is 1. The highest BCUT2D eigenvalue weighted by atomic mass is 16.4. The van der Waals surface area contributed by atoms with Gasteiger partial charge in [-0.05, 0) is 17.5 Å². The molecule has 0 amide bonds. The van der Waals surface area contributed by atoms with Crippen LogP contribution in [0.4, 0.5) is 0 Å². The zero-order valence-electron chi connectivity index (χ0n) is 8.92. The van der Waals surface area contributed by atoms with Crippen molar-refractivity contribution in [2.45, 2.75) is 0 Å². The topological polar surface area (TPSA) is 60.7 Å². The molecule has 0 aliphatic carbocycles. The molecular weight excluding hydrogens is 131 g/mol. The van der Waals surface area contributed by atoms with Crippen LogP contribution >= 0.6 is 0 Å². The highest BCUT2D eigenvalue weighted by molar-refractivity contribution is 6.58. The van der Waals surface area contributed by atoms with Crippen LogP contribution in [0.5, 0.6) is 5.75 Å². The van der Waals surface area contributed by atoms with E-state index in [1.165, 1.54) is 0 Å². The van der Waals surface area contributed by atoms with Crippen LogP contribution in [-0.2, 0) is 0 Å². The summed E-state index contributed by atoms with van der Waals surface area (Å²) in [5.74, 6) is -0.801. The van der Waals surface area contributed by atoms with Crippen molar-refractivity contribution < 1.29 is 20.6 Å². The summed E-state index contributed by atoms with van der Waals surface area (Å²) in [5.41, 5.74) is -0.544. The molecule has 1 aromatic rings. The molecular formula is C6H7BO3. The molecule has 0 heterocycles. The molecule has 3 nitrogen and oxygen atoms in total. The lowest BCUT2D eigenvalue weighted by molar-refractivity contribution is 0.425. The minimum atomic E-state index is -2.09. The Bertz CT molecular complexity index is 353. The van der Waals surface area contributed by atoms with Crippen molar-refractivity contribution in [3.05, 3.63) is 24.2 Å². The van der Waals surface area contributed by atoms with E-state index in [0.29, 0.717) is 0 Å². The van der Waals surface area contributed by atoms with Crippen LogP contribution in [0.25, 0.3) is 0 Å². The Morgan fingerprint density at radius 3 is 2.10 bits per heavy atom. The molecule has 0 bridgehead atoms. The van der Waals surface area contributed by atoms with Crippen LogP contribution in [0.15, 0.2) is 24.2 Å². The Balaban J connectivity index is 3.60. The van der Waals surface area contributed by atoms with Gasteiger partial charge in [0.2, 0.25) is 0 Å². The zero-order valence-corrected chi connectivity index (χ0v) is 4.92. The lowest BCUT2D eigenvalue weighted by atomic mass is 9.80. The minimum Gasteiger partial charge on any atom is -0.508 e. The van der Waals surface area contributed by atoms with Gasteiger partial charge in [0, 0.05) is 0 Å². The fraction of sp³-hybridized carbons (Fsp3) is 0. The average Bonchev–Trinajstić information content (AvgIpc) is 2.11. The maximum atomic E-state index is 9.10. The highest BCUT2D eigenvalue weighted by Crippen LogP contribution is 2.02. The molecule has 0 aliphatic heterocycles. The summed E-state index contributed by atoms with van der Waals surface area (Å²) in [6, 6.07) is -2.68. The summed E-state index contributed by atoms with van der Waals surface area (Å²) < 4.78 is 28.8. The van der Waals surface area contributed by atoms with Crippen molar-refractivity contribution in [3.63, 3.8) is 0 Å². The van der Waals surface area contributed by atoms with E-state index in [1.54, 1.807) is 0 Å². The zero-order chi connectivity index (χ0) is 11.0. The van der Waals surface area contributed by atoms with E-state index in [4.69, 9.17) is 20.6 Å². The van der Waals surface area contributed by atoms with E-state index in [9.17, 15) is 0 Å². The Morgan fingerprint density at radius 1 is 1.20 bits per heavy atom. The predicted molar refractivity (Wildman–Crippen MR) is 37.9 cm³/mol. The van der Waals surface area contributed by atoms with Crippen LogP contribution < -0.4 is 5.46 Å². The number of aromatic hydroxyl groups is 1. The smallest absolute Gasteiger partial charge is 0.488 e. The van der Waals surface area contributed by atoms with Gasteiger partial charge in [0.1, 0.15) is 5.75 Å². The first-order chi connectivity index (χ1) is 6.37. The van der Waals surface area contributed by atoms with Crippen LogP contribution in [0.3, 0.4) is 0 Å². The van der Waals surface area contributed by atoms with Gasteiger partial charge in [0.15, 0.2) is 0 Å². The summed E-state index contributed by atoms with van der Waals surface area (Å²) >= 11 is 0. The van der Waals surface area contributed by atoms with Gasteiger partial charge in [-0.2, -0.15) is 0 Å². The first-order valence-electron chi connectivity index (χ1n) is 4.53. The van der Waals surface area contributed by atoms with Gasteiger partial charge in [-0.3, -0.25) is 0 Å². The predicted octanol–water partition coefficient (Wildman–Crippen LogP) is -0.928. The maximum absolute atomic E-state index is 9.10. The maximum Gasteiger partial charge on any atom is 0.488 e. The number of hydrogen-bond donors (Lipinski definition) is 3. The number of phenolic OH excluding ortho intramolecular Hbond substituents is 1. The lowest BCUT2D eigenvalue weighted by Crippen LogP contribution is -2.29. The molecule has 0 spiro atoms. The van der Waals surface area contributed by atoms with Gasteiger partial charge in [-0.1, -0.05) is 12.1 Å². The van der Waals surface area contributed by atoms with E-state index >= 15 is 0 Å². The number of rotatable bonds is 1. The van der Waals surface area contributed by atoms with Crippen molar-refractivity contribution in [2.24, 2.45) is 0 Å². The molecule has 0 unspecified atom stereocenters. The van der Waals surface area contributed by atoms with E-state index in [0.717, 1.165) is 0 Å². The molecule has 3 N–H and O–H groups in total. The van der Waals surface area contributed by atoms with Crippen molar-refractivity contribution in [1.29, 1.82) is 0 Å². The molecule has 52 valence electrons. The third-order valence-corrected chi connectivity index (χ3v) is 0.889. The van der Waals surface area contributed by atoms with Crippen LogP contribution in [0.2, 0.25) is 0 Å². The van der Waals surface area contributed by atoms with Gasteiger partial charge in [0.05, 0.1) is 5.48 Å². The fourth-order valence-corrected chi connectivity index (χ4v) is 0.445. The van der Waals surface area contributed by atoms with Crippen molar-refractivity contribution >= 4 is 12.6 Å². The fourth-order valence-electron chi connectivity index (χ4n) is 0.445. The summed E-state index contributed by atoms with van der Waals surface area (Å²) in [5, 5.41) is 26.7. The van der Waals surface area contributed by atoms with Gasteiger partial charge in [-0.15, -0.1) is 0 Å².